The molecule has 0 aromatic heterocycles. The lowest BCUT2D eigenvalue weighted by Crippen LogP contribution is -3.16. The molecule has 3 aliphatic heterocycles. The molecule has 0 aromatic carbocycles. The van der Waals surface area contributed by atoms with Crippen LogP contribution in [0.5, 0.6) is 0 Å². The molecule has 4 unspecified atom stereocenters. The zero-order chi connectivity index (χ0) is 39.4. The molecule has 4 aliphatic rings. The number of nitrogens with one attached hydrogen (secondary N) is 2. The Balaban J connectivity index is 1.71. The Morgan fingerprint density at radius 2 is 1.93 bits per heavy atom. The number of esters is 1. The SMILES string of the molecule is C=C[C@H]1[C@@H](O[C@@H]2O[C@H](CO)[C@@H](O)C(O)(O)[C@@H]2OC[NH2+]C)OC=C(C(=O)OC2CCCC2)[C@H]1C=CC1C[NH+](CCO)CC(C(=O)[O-])C1NC(N)=NCCCO. The monoisotopic (exact) mass is 772 g/mol. The predicted octanol–water partition coefficient (Wildman–Crippen LogP) is -6.47. The number of carboxylic acids is 1. The van der Waals surface area contributed by atoms with Crippen LogP contribution in [0, 0.1) is 23.7 Å². The van der Waals surface area contributed by atoms with Gasteiger partial charge in [0.1, 0.15) is 24.9 Å². The Hall–Kier alpha value is -3.21. The second-order valence-electron chi connectivity index (χ2n) is 14.1. The van der Waals surface area contributed by atoms with Crippen LogP contribution in [0.1, 0.15) is 32.1 Å². The van der Waals surface area contributed by atoms with Crippen molar-refractivity contribution in [2.75, 3.05) is 59.8 Å². The van der Waals surface area contributed by atoms with E-state index < -0.39 is 84.9 Å². The van der Waals surface area contributed by atoms with E-state index in [4.69, 9.17) is 34.5 Å². The van der Waals surface area contributed by atoms with Crippen molar-refractivity contribution in [1.29, 1.82) is 0 Å². The number of ether oxygens (including phenoxy) is 5. The zero-order valence-corrected chi connectivity index (χ0v) is 30.6. The van der Waals surface area contributed by atoms with Gasteiger partial charge in [0.05, 0.1) is 69.0 Å². The molecule has 1 saturated carbocycles. The van der Waals surface area contributed by atoms with E-state index in [9.17, 15) is 40.2 Å². The summed E-state index contributed by atoms with van der Waals surface area (Å²) in [4.78, 5) is 31.2. The Bertz CT molecular complexity index is 1330. The van der Waals surface area contributed by atoms with Crippen molar-refractivity contribution in [3.8, 4) is 0 Å². The van der Waals surface area contributed by atoms with Crippen molar-refractivity contribution in [2.24, 2.45) is 34.4 Å². The van der Waals surface area contributed by atoms with Crippen molar-refractivity contribution in [3.63, 3.8) is 0 Å². The first kappa shape index (κ1) is 43.5. The van der Waals surface area contributed by atoms with Crippen LogP contribution in [0.3, 0.4) is 0 Å². The summed E-state index contributed by atoms with van der Waals surface area (Å²) in [6, 6.07) is -0.813. The topological polar surface area (TPSA) is 296 Å². The second-order valence-corrected chi connectivity index (χ2v) is 14.1. The van der Waals surface area contributed by atoms with Gasteiger partial charge in [-0.25, -0.2) is 4.79 Å². The maximum atomic E-state index is 13.7. The second kappa shape index (κ2) is 20.6. The molecule has 11 atom stereocenters. The number of hydrogen-bond donors (Lipinski definition) is 10. The fourth-order valence-electron chi connectivity index (χ4n) is 7.47. The molecule has 2 saturated heterocycles. The number of hydrogen-bond acceptors (Lipinski definition) is 15. The van der Waals surface area contributed by atoms with Crippen LogP contribution in [-0.2, 0) is 33.3 Å². The van der Waals surface area contributed by atoms with Gasteiger partial charge in [-0.2, -0.15) is 0 Å². The summed E-state index contributed by atoms with van der Waals surface area (Å²) >= 11 is 0. The number of carbonyl (C=O) groups excluding carboxylic acids is 2. The van der Waals surface area contributed by atoms with Gasteiger partial charge in [-0.15, -0.1) is 6.58 Å². The molecule has 0 radical (unpaired) electrons. The highest BCUT2D eigenvalue weighted by atomic mass is 16.8. The predicted molar refractivity (Wildman–Crippen MR) is 185 cm³/mol. The molecular weight excluding hydrogens is 714 g/mol. The number of piperidine rings is 1. The summed E-state index contributed by atoms with van der Waals surface area (Å²) < 4.78 is 29.3. The molecule has 19 heteroatoms. The number of aliphatic hydroxyl groups is 6. The third kappa shape index (κ3) is 10.8. The van der Waals surface area contributed by atoms with E-state index in [0.717, 1.165) is 17.7 Å². The summed E-state index contributed by atoms with van der Waals surface area (Å²) in [6.45, 7) is 3.78. The first-order chi connectivity index (χ1) is 25.9. The number of rotatable bonds is 18. The maximum absolute atomic E-state index is 13.7. The fourth-order valence-corrected chi connectivity index (χ4v) is 7.47. The Morgan fingerprint density at radius 1 is 1.19 bits per heavy atom. The molecule has 12 N–H and O–H groups in total. The lowest BCUT2D eigenvalue weighted by atomic mass is 9.79. The van der Waals surface area contributed by atoms with Crippen LogP contribution in [0.25, 0.3) is 0 Å². The van der Waals surface area contributed by atoms with E-state index >= 15 is 0 Å². The van der Waals surface area contributed by atoms with Gasteiger partial charge in [0.2, 0.25) is 12.1 Å². The smallest absolute Gasteiger partial charge is 0.338 e. The molecular formula is C35H58N5O14+. The van der Waals surface area contributed by atoms with Crippen molar-refractivity contribution < 1.29 is 79.2 Å². The highest BCUT2D eigenvalue weighted by molar-refractivity contribution is 5.89. The third-order valence-corrected chi connectivity index (χ3v) is 10.3. The van der Waals surface area contributed by atoms with Gasteiger partial charge in [-0.3, -0.25) is 4.99 Å². The molecule has 19 nitrogen and oxygen atoms in total. The Labute approximate surface area is 314 Å². The number of carbonyl (C=O) groups is 2. The minimum Gasteiger partial charge on any atom is -0.550 e. The van der Waals surface area contributed by atoms with Gasteiger partial charge in [0.25, 0.3) is 0 Å². The van der Waals surface area contributed by atoms with Gasteiger partial charge in [-0.1, -0.05) is 18.2 Å². The Morgan fingerprint density at radius 3 is 2.56 bits per heavy atom. The molecule has 306 valence electrons. The summed E-state index contributed by atoms with van der Waals surface area (Å²) in [5.74, 6) is -8.23. The molecule has 0 aromatic rings. The number of nitrogens with two attached hydrogens (primary N) is 2. The number of carboxylic acid groups (broad SMARTS) is 1. The standard InChI is InChI=1S/C35H57N5O14/c1-3-22-23(10-9-20-15-40(12-14-42)16-24(30(45)46)27(20)39-34(36)38-11-6-13-41)25(31(47)52-21-7-4-5-8-21)18-50-32(22)54-33-29(51-19-37-2)35(48,49)28(44)26(17-43)53-33/h3,9-10,18,20-24,26-29,32-33,37,41-44,48-49H,1,4-8,11-17,19H2,2H3,(H,45,46)(H3,36,38,39)/p+1/t20?,22-,23+,24?,26-,27?,28-,29-,32-,33+/m1/s1. The minimum atomic E-state index is -2.91. The number of nitrogens with zero attached hydrogens (tertiary/aromatic N) is 1. The highest BCUT2D eigenvalue weighted by Gasteiger charge is 2.57. The summed E-state index contributed by atoms with van der Waals surface area (Å²) in [7, 11) is 1.67. The first-order valence-corrected chi connectivity index (χ1v) is 18.5. The van der Waals surface area contributed by atoms with Crippen LogP contribution in [0.15, 0.2) is 41.6 Å². The van der Waals surface area contributed by atoms with Crippen LogP contribution in [0.2, 0.25) is 0 Å². The summed E-state index contributed by atoms with van der Waals surface area (Å²) in [5.41, 5.74) is 6.26. The summed E-state index contributed by atoms with van der Waals surface area (Å²) in [5, 5.41) is 78.2. The average molecular weight is 773 g/mol. The molecule has 1 aliphatic carbocycles. The van der Waals surface area contributed by atoms with Gasteiger partial charge >= 0.3 is 5.97 Å². The molecule has 0 bridgehead atoms. The number of aliphatic imine (C=N–C) groups is 1. The number of quaternary nitrogens is 2. The maximum Gasteiger partial charge on any atom is 0.338 e. The number of guanidine groups is 1. The summed E-state index contributed by atoms with van der Waals surface area (Å²) in [6.07, 6.45) is 1.43. The lowest BCUT2D eigenvalue weighted by Gasteiger charge is -2.47. The van der Waals surface area contributed by atoms with E-state index in [0.29, 0.717) is 25.8 Å². The van der Waals surface area contributed by atoms with E-state index in [1.807, 2.05) is 0 Å². The minimum absolute atomic E-state index is 0.0204. The molecule has 4 rings (SSSR count). The van der Waals surface area contributed by atoms with Crippen LogP contribution in [0.4, 0.5) is 0 Å². The Kier molecular flexibility index (Phi) is 16.6. The quantitative estimate of drug-likeness (QED) is 0.0155. The first-order valence-electron chi connectivity index (χ1n) is 18.5. The van der Waals surface area contributed by atoms with Crippen molar-refractivity contribution in [1.82, 2.24) is 5.32 Å². The molecule has 3 fully saturated rings. The van der Waals surface area contributed by atoms with Crippen LogP contribution >= 0.6 is 0 Å². The van der Waals surface area contributed by atoms with Crippen LogP contribution < -0.4 is 26.4 Å². The van der Waals surface area contributed by atoms with E-state index in [1.54, 1.807) is 24.5 Å². The molecule has 0 amide bonds. The van der Waals surface area contributed by atoms with Gasteiger partial charge in [-0.05, 0) is 32.1 Å². The highest BCUT2D eigenvalue weighted by Crippen LogP contribution is 2.39. The van der Waals surface area contributed by atoms with Crippen LogP contribution in [-0.4, -0.2) is 157 Å². The van der Waals surface area contributed by atoms with E-state index in [2.05, 4.69) is 16.9 Å². The van der Waals surface area contributed by atoms with Gasteiger partial charge < -0.3 is 85.5 Å². The lowest BCUT2D eigenvalue weighted by molar-refractivity contribution is -0.911. The third-order valence-electron chi connectivity index (χ3n) is 10.3. The fraction of sp³-hybridized carbons (Fsp3) is 0.743. The molecule has 0 spiro atoms. The largest absolute Gasteiger partial charge is 0.550 e. The molecule has 3 heterocycles. The van der Waals surface area contributed by atoms with Crippen molar-refractivity contribution in [3.05, 3.63) is 36.6 Å². The number of aliphatic carboxylic acids is 1. The van der Waals surface area contributed by atoms with Gasteiger partial charge in [0.15, 0.2) is 25.1 Å². The zero-order valence-electron chi connectivity index (χ0n) is 30.6. The normalized spacial score (nSPS) is 34.6. The van der Waals surface area contributed by atoms with E-state index in [1.165, 1.54) is 12.3 Å². The van der Waals surface area contributed by atoms with Crippen molar-refractivity contribution >= 4 is 17.9 Å². The number of likely N-dealkylation sites (tertiary alicyclic amines) is 1. The number of allylic oxidation sites excluding steroid dienone is 1. The van der Waals surface area contributed by atoms with Crippen molar-refractivity contribution in [2.45, 2.75) is 80.9 Å². The average Bonchev–Trinajstić information content (AvgIpc) is 3.65. The molecule has 54 heavy (non-hydrogen) atoms. The van der Waals surface area contributed by atoms with E-state index in [-0.39, 0.29) is 57.2 Å². The van der Waals surface area contributed by atoms with Gasteiger partial charge in [0, 0.05) is 25.0 Å². The number of aliphatic hydroxyl groups excluding tert-OH is 4.